The molecular weight excluding hydrogens is 406 g/mol. The molecule has 33 heavy (non-hydrogen) atoms. The van der Waals surface area contributed by atoms with Gasteiger partial charge >= 0.3 is 0 Å². The number of fused-ring (bicyclic) bond motifs is 1. The second-order valence-corrected chi connectivity index (χ2v) is 8.84. The summed E-state index contributed by atoms with van der Waals surface area (Å²) in [5.41, 5.74) is 9.13. The van der Waals surface area contributed by atoms with Gasteiger partial charge in [-0.2, -0.15) is 0 Å². The number of nitrogens with one attached hydrogen (secondary N) is 1. The van der Waals surface area contributed by atoms with Crippen molar-refractivity contribution in [2.45, 2.75) is 32.1 Å². The third kappa shape index (κ3) is 5.07. The smallest absolute Gasteiger partial charge is 0.119 e. The fourth-order valence-corrected chi connectivity index (χ4v) is 5.11. The Morgan fingerprint density at radius 3 is 2.45 bits per heavy atom. The molecule has 0 radical (unpaired) electrons. The molecule has 174 valence electrons. The number of hydrogen-bond donors (Lipinski definition) is 1. The highest BCUT2D eigenvalue weighted by Crippen LogP contribution is 2.46. The van der Waals surface area contributed by atoms with E-state index in [-0.39, 0.29) is 5.41 Å². The van der Waals surface area contributed by atoms with Gasteiger partial charge in [0.2, 0.25) is 0 Å². The first-order chi connectivity index (χ1) is 16.2. The quantitative estimate of drug-likeness (QED) is 0.436. The van der Waals surface area contributed by atoms with Crippen molar-refractivity contribution in [3.8, 4) is 5.75 Å². The standard InChI is InChI=1S/C29H37N3O/c1-4-31(5-2)21-19-29(25-13-7-6-8-14-25)23-32(28-17-10-9-16-27(28)29)30-20-18-24-12-11-15-26(22-24)33-3/h6-17,22,30H,4-5,18-21,23H2,1-3H3. The zero-order valence-electron chi connectivity index (χ0n) is 20.3. The number of anilines is 1. The van der Waals surface area contributed by atoms with Crippen molar-refractivity contribution < 1.29 is 4.74 Å². The van der Waals surface area contributed by atoms with Gasteiger partial charge in [-0.3, -0.25) is 0 Å². The monoisotopic (exact) mass is 443 g/mol. The first kappa shape index (κ1) is 23.3. The van der Waals surface area contributed by atoms with E-state index in [0.717, 1.165) is 51.3 Å². The molecule has 0 aromatic heterocycles. The Bertz CT molecular complexity index is 1020. The van der Waals surface area contributed by atoms with Crippen molar-refractivity contribution in [3.05, 3.63) is 95.6 Å². The van der Waals surface area contributed by atoms with Crippen molar-refractivity contribution in [1.29, 1.82) is 0 Å². The van der Waals surface area contributed by atoms with Crippen LogP contribution in [-0.2, 0) is 11.8 Å². The molecule has 0 saturated carbocycles. The number of para-hydroxylation sites is 1. The van der Waals surface area contributed by atoms with E-state index in [2.05, 4.69) is 102 Å². The van der Waals surface area contributed by atoms with E-state index in [1.165, 1.54) is 22.4 Å². The average molecular weight is 444 g/mol. The van der Waals surface area contributed by atoms with Crippen molar-refractivity contribution in [2.75, 3.05) is 44.8 Å². The van der Waals surface area contributed by atoms with Gasteiger partial charge in [0, 0.05) is 18.5 Å². The van der Waals surface area contributed by atoms with Crippen molar-refractivity contribution >= 4 is 5.69 Å². The van der Waals surface area contributed by atoms with E-state index < -0.39 is 0 Å². The molecule has 0 saturated heterocycles. The first-order valence-corrected chi connectivity index (χ1v) is 12.2. The summed E-state index contributed by atoms with van der Waals surface area (Å²) >= 11 is 0. The summed E-state index contributed by atoms with van der Waals surface area (Å²) in [6.07, 6.45) is 2.05. The number of rotatable bonds is 11. The third-order valence-corrected chi connectivity index (χ3v) is 7.06. The molecule has 1 atom stereocenters. The minimum atomic E-state index is -0.0244. The number of benzene rings is 3. The number of hydrogen-bond acceptors (Lipinski definition) is 4. The normalized spacial score (nSPS) is 17.4. The predicted octanol–water partition coefficient (Wildman–Crippen LogP) is 5.28. The highest BCUT2D eigenvalue weighted by molar-refractivity contribution is 5.65. The lowest BCUT2D eigenvalue weighted by atomic mass is 9.73. The van der Waals surface area contributed by atoms with Gasteiger partial charge < -0.3 is 14.6 Å². The van der Waals surface area contributed by atoms with Crippen LogP contribution in [0.5, 0.6) is 5.75 Å². The zero-order chi connectivity index (χ0) is 23.1. The highest BCUT2D eigenvalue weighted by Gasteiger charge is 2.43. The summed E-state index contributed by atoms with van der Waals surface area (Å²) < 4.78 is 5.39. The number of hydrazine groups is 1. The van der Waals surface area contributed by atoms with Crippen molar-refractivity contribution in [2.24, 2.45) is 0 Å². The van der Waals surface area contributed by atoms with E-state index in [1.54, 1.807) is 7.11 Å². The van der Waals surface area contributed by atoms with E-state index in [1.807, 2.05) is 6.07 Å². The third-order valence-electron chi connectivity index (χ3n) is 7.06. The molecule has 1 aliphatic rings. The van der Waals surface area contributed by atoms with E-state index >= 15 is 0 Å². The molecule has 0 aliphatic carbocycles. The molecule has 1 unspecified atom stereocenters. The topological polar surface area (TPSA) is 27.7 Å². The van der Waals surface area contributed by atoms with E-state index in [4.69, 9.17) is 4.74 Å². The van der Waals surface area contributed by atoms with Gasteiger partial charge in [0.25, 0.3) is 0 Å². The largest absolute Gasteiger partial charge is 0.497 e. The molecule has 3 aromatic carbocycles. The summed E-state index contributed by atoms with van der Waals surface area (Å²) in [5, 5.41) is 2.38. The summed E-state index contributed by atoms with van der Waals surface area (Å²) in [6.45, 7) is 9.60. The van der Waals surface area contributed by atoms with Crippen LogP contribution in [0.4, 0.5) is 5.69 Å². The van der Waals surface area contributed by atoms with Gasteiger partial charge in [-0.25, -0.2) is 5.43 Å². The lowest BCUT2D eigenvalue weighted by Crippen LogP contribution is -2.44. The second-order valence-electron chi connectivity index (χ2n) is 8.84. The van der Waals surface area contributed by atoms with Gasteiger partial charge in [0.15, 0.2) is 0 Å². The lowest BCUT2D eigenvalue weighted by Gasteiger charge is -2.34. The van der Waals surface area contributed by atoms with Crippen LogP contribution in [0.2, 0.25) is 0 Å². The molecule has 0 spiro atoms. The molecule has 4 nitrogen and oxygen atoms in total. The summed E-state index contributed by atoms with van der Waals surface area (Å²) in [6, 6.07) is 28.4. The van der Waals surface area contributed by atoms with Gasteiger partial charge in [-0.1, -0.05) is 74.5 Å². The average Bonchev–Trinajstić information content (AvgIpc) is 3.20. The van der Waals surface area contributed by atoms with Crippen LogP contribution in [0.1, 0.15) is 37.0 Å². The highest BCUT2D eigenvalue weighted by atomic mass is 16.5. The molecule has 0 bridgehead atoms. The van der Waals surface area contributed by atoms with E-state index in [9.17, 15) is 0 Å². The molecule has 4 heteroatoms. The second kappa shape index (κ2) is 10.9. The van der Waals surface area contributed by atoms with Gasteiger partial charge in [0.1, 0.15) is 5.75 Å². The maximum absolute atomic E-state index is 5.39. The minimum absolute atomic E-state index is 0.0244. The zero-order valence-corrected chi connectivity index (χ0v) is 20.3. The fraction of sp³-hybridized carbons (Fsp3) is 0.379. The molecular formula is C29H37N3O. The molecule has 1 aliphatic heterocycles. The Kier molecular flexibility index (Phi) is 7.69. The van der Waals surface area contributed by atoms with Gasteiger partial charge in [0.05, 0.1) is 12.8 Å². The Morgan fingerprint density at radius 2 is 1.70 bits per heavy atom. The Hall–Kier alpha value is -2.82. The maximum Gasteiger partial charge on any atom is 0.119 e. The number of nitrogens with zero attached hydrogens (tertiary/aromatic N) is 2. The summed E-state index contributed by atoms with van der Waals surface area (Å²) in [7, 11) is 1.72. The molecule has 0 fully saturated rings. The minimum Gasteiger partial charge on any atom is -0.497 e. The first-order valence-electron chi connectivity index (χ1n) is 12.2. The van der Waals surface area contributed by atoms with Crippen LogP contribution in [0.15, 0.2) is 78.9 Å². The van der Waals surface area contributed by atoms with E-state index in [0.29, 0.717) is 0 Å². The summed E-state index contributed by atoms with van der Waals surface area (Å²) in [5.74, 6) is 0.915. The lowest BCUT2D eigenvalue weighted by molar-refractivity contribution is 0.274. The predicted molar refractivity (Wildman–Crippen MR) is 138 cm³/mol. The van der Waals surface area contributed by atoms with Crippen LogP contribution >= 0.6 is 0 Å². The maximum atomic E-state index is 5.39. The molecule has 1 N–H and O–H groups in total. The molecule has 0 amide bonds. The summed E-state index contributed by atoms with van der Waals surface area (Å²) in [4.78, 5) is 2.53. The van der Waals surface area contributed by atoms with Crippen LogP contribution < -0.4 is 15.2 Å². The number of ether oxygens (including phenoxy) is 1. The Labute approximate surface area is 199 Å². The van der Waals surface area contributed by atoms with Crippen LogP contribution in [0.25, 0.3) is 0 Å². The van der Waals surface area contributed by atoms with Gasteiger partial charge in [-0.05, 0) is 67.4 Å². The van der Waals surface area contributed by atoms with Crippen LogP contribution in [0, 0.1) is 0 Å². The molecule has 1 heterocycles. The van der Waals surface area contributed by atoms with Crippen molar-refractivity contribution in [1.82, 2.24) is 10.3 Å². The van der Waals surface area contributed by atoms with Crippen LogP contribution in [0.3, 0.4) is 0 Å². The Balaban J connectivity index is 1.57. The van der Waals surface area contributed by atoms with Gasteiger partial charge in [-0.15, -0.1) is 0 Å². The SMILES string of the molecule is CCN(CC)CCC1(c2ccccc2)CN(NCCc2cccc(OC)c2)c2ccccc21. The molecule has 3 aromatic rings. The fourth-order valence-electron chi connectivity index (χ4n) is 5.11. The molecule has 4 rings (SSSR count). The van der Waals surface area contributed by atoms with Crippen LogP contribution in [-0.4, -0.2) is 44.7 Å². The Morgan fingerprint density at radius 1 is 0.939 bits per heavy atom. The number of methoxy groups -OCH3 is 1. The van der Waals surface area contributed by atoms with Crippen molar-refractivity contribution in [3.63, 3.8) is 0 Å².